The first-order chi connectivity index (χ1) is 12.5. The molecule has 0 radical (unpaired) electrons. The molecule has 1 saturated heterocycles. The molecule has 3 heterocycles. The van der Waals surface area contributed by atoms with Gasteiger partial charge in [0.25, 0.3) is 5.56 Å². The number of fused-ring (bicyclic) bond motifs is 1. The van der Waals surface area contributed by atoms with E-state index < -0.39 is 0 Å². The van der Waals surface area contributed by atoms with Crippen LogP contribution in [0, 0.1) is 5.92 Å². The van der Waals surface area contributed by atoms with Gasteiger partial charge in [0.2, 0.25) is 0 Å². The third kappa shape index (κ3) is 3.21. The van der Waals surface area contributed by atoms with E-state index in [1.54, 1.807) is 35.1 Å². The Morgan fingerprint density at radius 3 is 2.54 bits per heavy atom. The molecular formula is C18H18Cl2N4OS. The van der Waals surface area contributed by atoms with Crippen LogP contribution in [0.15, 0.2) is 35.3 Å². The number of anilines is 1. The highest BCUT2D eigenvalue weighted by Crippen LogP contribution is 2.33. The van der Waals surface area contributed by atoms with E-state index in [1.165, 1.54) is 0 Å². The van der Waals surface area contributed by atoms with Gasteiger partial charge in [-0.2, -0.15) is 16.9 Å². The zero-order valence-electron chi connectivity index (χ0n) is 14.0. The number of nitrogens with zero attached hydrogens (tertiary/aromatic N) is 3. The highest BCUT2D eigenvalue weighted by atomic mass is 35.5. The van der Waals surface area contributed by atoms with E-state index in [0.717, 1.165) is 35.4 Å². The van der Waals surface area contributed by atoms with Crippen LogP contribution in [-0.2, 0) is 6.54 Å². The Hall–Kier alpha value is -1.63. The smallest absolute Gasteiger partial charge is 0.251 e. The Morgan fingerprint density at radius 1 is 1.15 bits per heavy atom. The van der Waals surface area contributed by atoms with Gasteiger partial charge in [0.15, 0.2) is 0 Å². The average molecular weight is 409 g/mol. The Balaban J connectivity index is 1.82. The molecule has 5 nitrogen and oxygen atoms in total. The van der Waals surface area contributed by atoms with Crippen molar-refractivity contribution in [3.05, 3.63) is 50.9 Å². The summed E-state index contributed by atoms with van der Waals surface area (Å²) in [4.78, 5) is 12.5. The van der Waals surface area contributed by atoms with Gasteiger partial charge in [0.1, 0.15) is 5.69 Å². The monoisotopic (exact) mass is 408 g/mol. The minimum atomic E-state index is -0.00947. The quantitative estimate of drug-likeness (QED) is 0.658. The summed E-state index contributed by atoms with van der Waals surface area (Å²) in [6, 6.07) is 6.64. The van der Waals surface area contributed by atoms with E-state index in [2.05, 4.69) is 5.10 Å². The fraction of sp³-hybridized carbons (Fsp3) is 0.333. The number of benzene rings is 1. The normalized spacial score (nSPS) is 15.6. The number of halogens is 2. The van der Waals surface area contributed by atoms with Crippen molar-refractivity contribution in [2.24, 2.45) is 5.92 Å². The molecule has 0 aliphatic carbocycles. The first-order valence-electron chi connectivity index (χ1n) is 8.45. The number of hydrogen-bond donors (Lipinski definition) is 1. The summed E-state index contributed by atoms with van der Waals surface area (Å²) in [7, 11) is 0. The largest absolute Gasteiger partial charge is 0.399 e. The highest BCUT2D eigenvalue weighted by Gasteiger charge is 2.19. The van der Waals surface area contributed by atoms with Crippen molar-refractivity contribution >= 4 is 51.7 Å². The van der Waals surface area contributed by atoms with E-state index in [4.69, 9.17) is 28.9 Å². The van der Waals surface area contributed by atoms with Gasteiger partial charge >= 0.3 is 0 Å². The molecule has 0 atom stereocenters. The molecule has 3 aromatic rings. The molecule has 0 spiro atoms. The summed E-state index contributed by atoms with van der Waals surface area (Å²) in [6.45, 7) is 0.714. The maximum absolute atomic E-state index is 12.5. The Labute approximate surface area is 165 Å². The van der Waals surface area contributed by atoms with Crippen LogP contribution in [-0.4, -0.2) is 25.9 Å². The van der Waals surface area contributed by atoms with E-state index >= 15 is 0 Å². The fourth-order valence-electron chi connectivity index (χ4n) is 3.41. The number of aromatic nitrogens is 3. The summed E-state index contributed by atoms with van der Waals surface area (Å²) in [5.41, 5.74) is 8.43. The number of pyridine rings is 1. The molecule has 26 heavy (non-hydrogen) atoms. The van der Waals surface area contributed by atoms with E-state index in [1.807, 2.05) is 16.3 Å². The minimum absolute atomic E-state index is 0.00947. The van der Waals surface area contributed by atoms with E-state index in [9.17, 15) is 4.79 Å². The molecule has 0 bridgehead atoms. The van der Waals surface area contributed by atoms with Gasteiger partial charge in [-0.3, -0.25) is 4.79 Å². The lowest BCUT2D eigenvalue weighted by Crippen LogP contribution is -2.25. The first-order valence-corrected chi connectivity index (χ1v) is 10.4. The van der Waals surface area contributed by atoms with Gasteiger partial charge in [-0.05, 0) is 48.5 Å². The molecule has 2 aromatic heterocycles. The van der Waals surface area contributed by atoms with Gasteiger partial charge < -0.3 is 10.3 Å². The van der Waals surface area contributed by atoms with Crippen molar-refractivity contribution < 1.29 is 0 Å². The van der Waals surface area contributed by atoms with Crippen molar-refractivity contribution in [3.8, 4) is 5.69 Å². The SMILES string of the molecule is Nc1cc(Cl)c(-n2ncc3c2ccc(=O)n3CC2CCSCC2)c(Cl)c1. The predicted octanol–water partition coefficient (Wildman–Crippen LogP) is 4.22. The van der Waals surface area contributed by atoms with Crippen LogP contribution in [0.2, 0.25) is 10.0 Å². The standard InChI is InChI=1S/C18H18Cl2N4OS/c19-13-7-12(21)8-14(20)18(13)24-15-1-2-17(25)23(16(15)9-22-24)10-11-3-5-26-6-4-11/h1-2,7-9,11H,3-6,10,21H2. The van der Waals surface area contributed by atoms with Crippen LogP contribution < -0.4 is 11.3 Å². The Morgan fingerprint density at radius 2 is 1.85 bits per heavy atom. The van der Waals surface area contributed by atoms with Crippen LogP contribution in [0.3, 0.4) is 0 Å². The molecule has 0 saturated carbocycles. The third-order valence-electron chi connectivity index (χ3n) is 4.76. The van der Waals surface area contributed by atoms with Crippen LogP contribution in [0.25, 0.3) is 16.7 Å². The van der Waals surface area contributed by atoms with E-state index in [0.29, 0.717) is 33.9 Å². The number of thioether (sulfide) groups is 1. The molecule has 4 rings (SSSR count). The molecule has 1 aliphatic heterocycles. The summed E-state index contributed by atoms with van der Waals surface area (Å²) in [5.74, 6) is 2.84. The molecule has 0 unspecified atom stereocenters. The Kier molecular flexibility index (Phi) is 4.90. The van der Waals surface area contributed by atoms with Gasteiger partial charge in [0, 0.05) is 18.3 Å². The second kappa shape index (κ2) is 7.18. The summed E-state index contributed by atoms with van der Waals surface area (Å²) < 4.78 is 3.49. The van der Waals surface area contributed by atoms with E-state index in [-0.39, 0.29) is 5.56 Å². The molecular weight excluding hydrogens is 391 g/mol. The average Bonchev–Trinajstić information content (AvgIpc) is 3.01. The second-order valence-electron chi connectivity index (χ2n) is 6.50. The number of nitrogens with two attached hydrogens (primary N) is 1. The minimum Gasteiger partial charge on any atom is -0.399 e. The lowest BCUT2D eigenvalue weighted by atomic mass is 10.0. The lowest BCUT2D eigenvalue weighted by molar-refractivity contribution is 0.417. The lowest BCUT2D eigenvalue weighted by Gasteiger charge is -2.22. The van der Waals surface area contributed by atoms with Gasteiger partial charge in [-0.25, -0.2) is 4.68 Å². The molecule has 1 aromatic carbocycles. The molecule has 136 valence electrons. The highest BCUT2D eigenvalue weighted by molar-refractivity contribution is 7.99. The summed E-state index contributed by atoms with van der Waals surface area (Å²) in [6.07, 6.45) is 3.98. The van der Waals surface area contributed by atoms with Crippen LogP contribution >= 0.6 is 35.0 Å². The van der Waals surface area contributed by atoms with Gasteiger partial charge in [0.05, 0.1) is 27.3 Å². The zero-order chi connectivity index (χ0) is 18.3. The molecule has 1 fully saturated rings. The fourth-order valence-corrected chi connectivity index (χ4v) is 5.28. The van der Waals surface area contributed by atoms with Crippen LogP contribution in [0.5, 0.6) is 0 Å². The van der Waals surface area contributed by atoms with Crippen molar-refractivity contribution in [2.45, 2.75) is 19.4 Å². The number of hydrogen-bond acceptors (Lipinski definition) is 4. The maximum atomic E-state index is 12.5. The molecule has 8 heteroatoms. The zero-order valence-corrected chi connectivity index (χ0v) is 16.3. The van der Waals surface area contributed by atoms with Gasteiger partial charge in [-0.1, -0.05) is 23.2 Å². The number of nitrogen functional groups attached to an aromatic ring is 1. The van der Waals surface area contributed by atoms with Crippen LogP contribution in [0.4, 0.5) is 5.69 Å². The van der Waals surface area contributed by atoms with Gasteiger partial charge in [-0.15, -0.1) is 0 Å². The summed E-state index contributed by atoms with van der Waals surface area (Å²) >= 11 is 14.7. The molecule has 2 N–H and O–H groups in total. The van der Waals surface area contributed by atoms with Crippen molar-refractivity contribution in [1.82, 2.24) is 14.3 Å². The third-order valence-corrected chi connectivity index (χ3v) is 6.38. The first kappa shape index (κ1) is 17.8. The van der Waals surface area contributed by atoms with Crippen molar-refractivity contribution in [2.75, 3.05) is 17.2 Å². The number of rotatable bonds is 3. The Bertz CT molecular complexity index is 1000. The van der Waals surface area contributed by atoms with Crippen molar-refractivity contribution in [3.63, 3.8) is 0 Å². The maximum Gasteiger partial charge on any atom is 0.251 e. The van der Waals surface area contributed by atoms with Crippen molar-refractivity contribution in [1.29, 1.82) is 0 Å². The molecule has 1 aliphatic rings. The summed E-state index contributed by atoms with van der Waals surface area (Å²) in [5, 5.41) is 5.29. The topological polar surface area (TPSA) is 65.8 Å². The van der Waals surface area contributed by atoms with Crippen LogP contribution in [0.1, 0.15) is 12.8 Å². The predicted molar refractivity (Wildman–Crippen MR) is 110 cm³/mol. The molecule has 0 amide bonds. The second-order valence-corrected chi connectivity index (χ2v) is 8.54.